The number of nitrogens with one attached hydrogen (secondary N) is 2. The second-order valence-electron chi connectivity index (χ2n) is 6.89. The molecule has 1 saturated heterocycles. The normalized spacial score (nSPS) is 14.2. The highest BCUT2D eigenvalue weighted by Crippen LogP contribution is 2.20. The lowest BCUT2D eigenvalue weighted by molar-refractivity contribution is 0.625. The van der Waals surface area contributed by atoms with Crippen molar-refractivity contribution in [3.8, 4) is 0 Å². The molecule has 1 aliphatic rings. The highest BCUT2D eigenvalue weighted by molar-refractivity contribution is 14.0. The van der Waals surface area contributed by atoms with Gasteiger partial charge >= 0.3 is 0 Å². The molecule has 0 atom stereocenters. The number of guanidine groups is 1. The van der Waals surface area contributed by atoms with Gasteiger partial charge in [0.05, 0.1) is 0 Å². The first-order chi connectivity index (χ1) is 14.2. The first-order valence-electron chi connectivity index (χ1n) is 9.82. The molecule has 1 fully saturated rings. The lowest BCUT2D eigenvalue weighted by Gasteiger charge is -2.28. The van der Waals surface area contributed by atoms with Gasteiger partial charge in [-0.15, -0.1) is 24.0 Å². The van der Waals surface area contributed by atoms with E-state index in [1.165, 1.54) is 28.8 Å². The molecule has 0 aliphatic carbocycles. The van der Waals surface area contributed by atoms with E-state index in [2.05, 4.69) is 44.8 Å². The fourth-order valence-electron chi connectivity index (χ4n) is 3.29. The molecule has 1 heterocycles. The van der Waals surface area contributed by atoms with Crippen LogP contribution in [0, 0.1) is 5.82 Å². The van der Waals surface area contributed by atoms with E-state index in [-0.39, 0.29) is 29.8 Å². The van der Waals surface area contributed by atoms with E-state index in [9.17, 15) is 4.39 Å². The van der Waals surface area contributed by atoms with E-state index in [0.717, 1.165) is 35.9 Å². The molecule has 0 spiro atoms. The highest BCUT2D eigenvalue weighted by Gasteiger charge is 2.11. The lowest BCUT2D eigenvalue weighted by atomic mass is 10.1. The van der Waals surface area contributed by atoms with Gasteiger partial charge in [0, 0.05) is 56.2 Å². The molecular formula is C22H30FIN4S2. The Balaban J connectivity index is 0.00000320. The largest absolute Gasteiger partial charge is 0.370 e. The van der Waals surface area contributed by atoms with E-state index in [0.29, 0.717) is 13.1 Å². The van der Waals surface area contributed by atoms with Crippen molar-refractivity contribution in [3.05, 3.63) is 65.0 Å². The van der Waals surface area contributed by atoms with Crippen molar-refractivity contribution >= 4 is 59.1 Å². The maximum absolute atomic E-state index is 13.5. The van der Waals surface area contributed by atoms with Crippen molar-refractivity contribution in [3.63, 3.8) is 0 Å². The molecular weight excluding hydrogens is 530 g/mol. The average Bonchev–Trinajstić information content (AvgIpc) is 2.76. The summed E-state index contributed by atoms with van der Waals surface area (Å²) in [4.78, 5) is 6.75. The van der Waals surface area contributed by atoms with Gasteiger partial charge in [-0.3, -0.25) is 4.99 Å². The van der Waals surface area contributed by atoms with Crippen molar-refractivity contribution in [1.29, 1.82) is 0 Å². The van der Waals surface area contributed by atoms with Crippen molar-refractivity contribution in [1.82, 2.24) is 10.6 Å². The minimum atomic E-state index is -0.188. The summed E-state index contributed by atoms with van der Waals surface area (Å²) in [7, 11) is 1.76. The number of benzene rings is 2. The van der Waals surface area contributed by atoms with Crippen LogP contribution in [0.3, 0.4) is 0 Å². The molecule has 0 aromatic heterocycles. The first kappa shape index (κ1) is 25.1. The first-order valence-corrected chi connectivity index (χ1v) is 12.4. The number of hydrogen-bond donors (Lipinski definition) is 2. The Bertz CT molecular complexity index is 811. The third-order valence-electron chi connectivity index (χ3n) is 4.91. The van der Waals surface area contributed by atoms with Crippen molar-refractivity contribution in [2.45, 2.75) is 18.8 Å². The second-order valence-corrected chi connectivity index (χ2v) is 8.98. The number of halogens is 2. The number of nitrogens with zero attached hydrogens (tertiary/aromatic N) is 2. The Morgan fingerprint density at radius 2 is 1.77 bits per heavy atom. The fourth-order valence-corrected chi connectivity index (χ4v) is 4.77. The summed E-state index contributed by atoms with van der Waals surface area (Å²) in [6, 6.07) is 13.7. The molecule has 2 aromatic rings. The Morgan fingerprint density at radius 1 is 1.07 bits per heavy atom. The van der Waals surface area contributed by atoms with E-state index in [1.807, 2.05) is 24.1 Å². The van der Waals surface area contributed by atoms with Crippen molar-refractivity contribution in [2.75, 3.05) is 42.8 Å². The second kappa shape index (κ2) is 13.3. The van der Waals surface area contributed by atoms with Crippen LogP contribution in [0.1, 0.15) is 16.7 Å². The third-order valence-corrected chi connectivity index (χ3v) is 6.45. The van der Waals surface area contributed by atoms with Gasteiger partial charge in [0.15, 0.2) is 5.96 Å². The quantitative estimate of drug-likeness (QED) is 0.291. The molecule has 0 unspecified atom stereocenters. The van der Waals surface area contributed by atoms with Crippen LogP contribution in [0.5, 0.6) is 0 Å². The molecule has 0 amide bonds. The average molecular weight is 561 g/mol. The Morgan fingerprint density at radius 3 is 2.43 bits per heavy atom. The molecule has 1 aliphatic heterocycles. The van der Waals surface area contributed by atoms with Gasteiger partial charge < -0.3 is 15.5 Å². The molecule has 0 bridgehead atoms. The predicted molar refractivity (Wildman–Crippen MR) is 142 cm³/mol. The summed E-state index contributed by atoms with van der Waals surface area (Å²) in [5, 5.41) is 6.69. The van der Waals surface area contributed by atoms with Gasteiger partial charge in [0.2, 0.25) is 0 Å². The van der Waals surface area contributed by atoms with Crippen molar-refractivity contribution < 1.29 is 4.39 Å². The van der Waals surface area contributed by atoms with Crippen molar-refractivity contribution in [2.24, 2.45) is 4.99 Å². The predicted octanol–water partition coefficient (Wildman–Crippen LogP) is 4.73. The van der Waals surface area contributed by atoms with Crippen LogP contribution in [0.2, 0.25) is 0 Å². The van der Waals surface area contributed by atoms with Crippen LogP contribution in [-0.2, 0) is 18.8 Å². The fraction of sp³-hybridized carbons (Fsp3) is 0.409. The van der Waals surface area contributed by atoms with E-state index in [4.69, 9.17) is 0 Å². The smallest absolute Gasteiger partial charge is 0.191 e. The van der Waals surface area contributed by atoms with Gasteiger partial charge in [-0.05, 0) is 47.2 Å². The highest BCUT2D eigenvalue weighted by atomic mass is 127. The van der Waals surface area contributed by atoms with E-state index in [1.54, 1.807) is 24.9 Å². The minimum Gasteiger partial charge on any atom is -0.370 e. The zero-order valence-corrected chi connectivity index (χ0v) is 21.5. The summed E-state index contributed by atoms with van der Waals surface area (Å²) < 4.78 is 13.5. The molecule has 164 valence electrons. The number of thioether (sulfide) groups is 2. The molecule has 2 aromatic carbocycles. The zero-order chi connectivity index (χ0) is 20.5. The van der Waals surface area contributed by atoms with Gasteiger partial charge in [0.25, 0.3) is 0 Å². The Labute approximate surface area is 204 Å². The maximum Gasteiger partial charge on any atom is 0.191 e. The van der Waals surface area contributed by atoms with Crippen LogP contribution < -0.4 is 15.5 Å². The number of hydrogen-bond acceptors (Lipinski definition) is 4. The maximum atomic E-state index is 13.5. The molecule has 8 heteroatoms. The molecule has 3 rings (SSSR count). The van der Waals surface area contributed by atoms with Gasteiger partial charge in [-0.2, -0.15) is 23.5 Å². The minimum absolute atomic E-state index is 0. The lowest BCUT2D eigenvalue weighted by Crippen LogP contribution is -2.36. The van der Waals surface area contributed by atoms with Gasteiger partial charge in [0.1, 0.15) is 5.82 Å². The summed E-state index contributed by atoms with van der Waals surface area (Å²) in [5.74, 6) is 3.76. The molecule has 30 heavy (non-hydrogen) atoms. The third kappa shape index (κ3) is 7.53. The van der Waals surface area contributed by atoms with Gasteiger partial charge in [-0.1, -0.05) is 18.2 Å². The summed E-state index contributed by atoms with van der Waals surface area (Å²) in [6.45, 7) is 3.57. The zero-order valence-electron chi connectivity index (χ0n) is 17.5. The Hall–Kier alpha value is -1.13. The number of anilines is 1. The van der Waals surface area contributed by atoms with E-state index < -0.39 is 0 Å². The summed E-state index contributed by atoms with van der Waals surface area (Å²) in [6.07, 6.45) is 2.03. The van der Waals surface area contributed by atoms with Gasteiger partial charge in [-0.25, -0.2) is 4.39 Å². The van der Waals surface area contributed by atoms with Crippen LogP contribution in [-0.4, -0.2) is 43.9 Å². The van der Waals surface area contributed by atoms with Crippen LogP contribution in [0.15, 0.2) is 47.5 Å². The Kier molecular flexibility index (Phi) is 11.2. The number of rotatable bonds is 7. The van der Waals surface area contributed by atoms with Crippen LogP contribution in [0.4, 0.5) is 10.1 Å². The standard InChI is InChI=1S/C22H29FN4S2.HI/c1-24-22(26-15-18-5-6-20(23)13-19(18)16-28-2)25-14-17-3-7-21(8-4-17)27-9-11-29-12-10-27;/h3-8,13H,9-12,14-16H2,1-2H3,(H2,24,25,26);1H. The van der Waals surface area contributed by atoms with E-state index >= 15 is 0 Å². The van der Waals surface area contributed by atoms with Crippen LogP contribution in [0.25, 0.3) is 0 Å². The number of aliphatic imine (C=N–C) groups is 1. The topological polar surface area (TPSA) is 39.7 Å². The SMILES string of the molecule is CN=C(NCc1ccc(N2CCSCC2)cc1)NCc1ccc(F)cc1CSC.I. The molecule has 0 radical (unpaired) electrons. The summed E-state index contributed by atoms with van der Waals surface area (Å²) >= 11 is 3.72. The molecule has 4 nitrogen and oxygen atoms in total. The van der Waals surface area contributed by atoms with Crippen LogP contribution >= 0.6 is 47.5 Å². The monoisotopic (exact) mass is 560 g/mol. The molecule has 2 N–H and O–H groups in total. The molecule has 0 saturated carbocycles. The summed E-state index contributed by atoms with van der Waals surface area (Å²) in [5.41, 5.74) is 4.63.